The molecule has 0 aliphatic heterocycles. The van der Waals surface area contributed by atoms with Crippen molar-refractivity contribution in [3.63, 3.8) is 0 Å². The van der Waals surface area contributed by atoms with Crippen molar-refractivity contribution < 1.29 is 19.1 Å². The minimum Gasteiger partial charge on any atom is -0.444 e. The van der Waals surface area contributed by atoms with Crippen molar-refractivity contribution in [1.82, 2.24) is 14.7 Å². The van der Waals surface area contributed by atoms with E-state index in [2.05, 4.69) is 21.9 Å². The van der Waals surface area contributed by atoms with Crippen molar-refractivity contribution >= 4 is 38.6 Å². The number of aromatic nitrogens is 2. The highest BCUT2D eigenvalue weighted by molar-refractivity contribution is 7.23. The highest BCUT2D eigenvalue weighted by Gasteiger charge is 2.17. The molecule has 0 saturated heterocycles. The van der Waals surface area contributed by atoms with E-state index in [0.717, 1.165) is 21.7 Å². The number of hydrogen-bond acceptors (Lipinski definition) is 6. The monoisotopic (exact) mass is 423 g/mol. The summed E-state index contributed by atoms with van der Waals surface area (Å²) < 4.78 is 13.7. The minimum absolute atomic E-state index is 0.286. The predicted molar refractivity (Wildman–Crippen MR) is 116 cm³/mol. The van der Waals surface area contributed by atoms with Gasteiger partial charge in [0.2, 0.25) is 0 Å². The van der Waals surface area contributed by atoms with E-state index in [1.807, 2.05) is 24.4 Å². The van der Waals surface area contributed by atoms with E-state index in [0.29, 0.717) is 5.75 Å². The van der Waals surface area contributed by atoms with Crippen LogP contribution in [0.25, 0.3) is 26.4 Å². The number of nitrogens with one attached hydrogen (secondary N) is 1. The Morgan fingerprint density at radius 2 is 1.93 bits per heavy atom. The number of ether oxygens (including phenoxy) is 2. The molecule has 2 aromatic heterocycles. The number of para-hydroxylation sites is 1. The fourth-order valence-electron chi connectivity index (χ4n) is 2.93. The molecule has 0 spiro atoms. The van der Waals surface area contributed by atoms with Gasteiger partial charge in [-0.3, -0.25) is 4.40 Å². The summed E-state index contributed by atoms with van der Waals surface area (Å²) in [5, 5.41) is 2.39. The second-order valence-electron chi connectivity index (χ2n) is 7.71. The van der Waals surface area contributed by atoms with Gasteiger partial charge in [0, 0.05) is 11.8 Å². The molecule has 0 unspecified atom stereocenters. The van der Waals surface area contributed by atoms with Crippen molar-refractivity contribution in [2.45, 2.75) is 26.4 Å². The molecule has 7 nitrogen and oxygen atoms in total. The first kappa shape index (κ1) is 19.9. The van der Waals surface area contributed by atoms with Crippen molar-refractivity contribution in [2.75, 3.05) is 6.54 Å². The number of carbonyl (C=O) groups excluding carboxylic acids is 2. The molecule has 0 bridgehead atoms. The Kier molecular flexibility index (Phi) is 5.17. The number of benzene rings is 2. The van der Waals surface area contributed by atoms with E-state index >= 15 is 0 Å². The summed E-state index contributed by atoms with van der Waals surface area (Å²) in [6.07, 6.45) is 1.30. The van der Waals surface area contributed by atoms with E-state index in [9.17, 15) is 9.59 Å². The lowest BCUT2D eigenvalue weighted by molar-refractivity contribution is -0.133. The Morgan fingerprint density at radius 3 is 2.73 bits per heavy atom. The maximum atomic E-state index is 12.1. The zero-order valence-corrected chi connectivity index (χ0v) is 17.7. The first-order chi connectivity index (χ1) is 14.3. The minimum atomic E-state index is -0.668. The third kappa shape index (κ3) is 4.44. The Labute approximate surface area is 177 Å². The van der Waals surface area contributed by atoms with Gasteiger partial charge in [0.1, 0.15) is 17.9 Å². The summed E-state index contributed by atoms with van der Waals surface area (Å²) in [6, 6.07) is 15.3. The molecule has 0 fully saturated rings. The van der Waals surface area contributed by atoms with Crippen LogP contribution in [-0.2, 0) is 9.53 Å². The Morgan fingerprint density at radius 1 is 1.13 bits per heavy atom. The first-order valence-corrected chi connectivity index (χ1v) is 10.2. The normalized spacial score (nSPS) is 11.6. The number of amides is 1. The smallest absolute Gasteiger partial charge is 0.408 e. The largest absolute Gasteiger partial charge is 0.444 e. The third-order valence-corrected chi connectivity index (χ3v) is 5.17. The Bertz CT molecular complexity index is 1240. The number of rotatable bonds is 4. The van der Waals surface area contributed by atoms with Crippen LogP contribution in [0.15, 0.2) is 54.7 Å². The number of hydrogen-bond donors (Lipinski definition) is 1. The fraction of sp³-hybridized carbons (Fsp3) is 0.227. The average Bonchev–Trinajstić information content (AvgIpc) is 3.23. The molecule has 0 aliphatic rings. The van der Waals surface area contributed by atoms with Crippen LogP contribution in [0.3, 0.4) is 0 Å². The van der Waals surface area contributed by atoms with Crippen LogP contribution >= 0.6 is 11.3 Å². The topological polar surface area (TPSA) is 81.9 Å². The molecule has 4 aromatic rings. The second kappa shape index (κ2) is 7.79. The van der Waals surface area contributed by atoms with Gasteiger partial charge in [-0.2, -0.15) is 0 Å². The molecule has 30 heavy (non-hydrogen) atoms. The first-order valence-electron chi connectivity index (χ1n) is 9.43. The van der Waals surface area contributed by atoms with Gasteiger partial charge < -0.3 is 14.8 Å². The molecule has 8 heteroatoms. The predicted octanol–water partition coefficient (Wildman–Crippen LogP) is 4.65. The summed E-state index contributed by atoms with van der Waals surface area (Å²) >= 11 is 1.62. The van der Waals surface area contributed by atoms with Gasteiger partial charge in [-0.25, -0.2) is 14.6 Å². The van der Waals surface area contributed by atoms with Crippen LogP contribution in [0.4, 0.5) is 4.79 Å². The molecule has 0 radical (unpaired) electrons. The molecule has 0 saturated carbocycles. The van der Waals surface area contributed by atoms with Gasteiger partial charge in [0.25, 0.3) is 0 Å². The molecular formula is C22H21N3O4S. The van der Waals surface area contributed by atoms with Gasteiger partial charge in [-0.1, -0.05) is 35.6 Å². The summed E-state index contributed by atoms with van der Waals surface area (Å²) in [5.41, 5.74) is 2.09. The van der Waals surface area contributed by atoms with Crippen molar-refractivity contribution in [3.8, 4) is 17.0 Å². The molecule has 2 aromatic carbocycles. The lowest BCUT2D eigenvalue weighted by Gasteiger charge is -2.19. The Hall–Kier alpha value is -3.39. The van der Waals surface area contributed by atoms with Crippen LogP contribution in [-0.4, -0.2) is 33.6 Å². The molecule has 1 N–H and O–H groups in total. The standard InChI is InChI=1S/C22H21N3O4S/c1-22(2,3)29-21(27)23-12-19(26)28-15-8-6-7-14(11-15)16-13-25-17-9-4-5-10-18(17)30-20(25)24-16/h4-11,13H,12H2,1-3H3,(H,23,27). The van der Waals surface area contributed by atoms with E-state index < -0.39 is 17.7 Å². The number of thiazole rings is 1. The highest BCUT2D eigenvalue weighted by Crippen LogP contribution is 2.30. The third-order valence-electron chi connectivity index (χ3n) is 4.14. The van der Waals surface area contributed by atoms with Crippen LogP contribution in [0.2, 0.25) is 0 Å². The molecule has 4 rings (SSSR count). The van der Waals surface area contributed by atoms with Crippen LogP contribution in [0.5, 0.6) is 5.75 Å². The fourth-order valence-corrected chi connectivity index (χ4v) is 3.94. The van der Waals surface area contributed by atoms with Gasteiger partial charge in [-0.05, 0) is 45.0 Å². The van der Waals surface area contributed by atoms with E-state index in [1.165, 1.54) is 4.70 Å². The van der Waals surface area contributed by atoms with Gasteiger partial charge >= 0.3 is 12.1 Å². The molecule has 154 valence electrons. The molecule has 0 atom stereocenters. The van der Waals surface area contributed by atoms with Gasteiger partial charge in [0.15, 0.2) is 4.96 Å². The summed E-state index contributed by atoms with van der Waals surface area (Å²) in [5.74, 6) is -0.209. The summed E-state index contributed by atoms with van der Waals surface area (Å²) in [6.45, 7) is 4.96. The zero-order valence-electron chi connectivity index (χ0n) is 16.8. The quantitative estimate of drug-likeness (QED) is 0.382. The molecule has 0 aliphatic carbocycles. The lowest BCUT2D eigenvalue weighted by Crippen LogP contribution is -2.36. The van der Waals surface area contributed by atoms with Crippen molar-refractivity contribution in [1.29, 1.82) is 0 Å². The number of esters is 1. The van der Waals surface area contributed by atoms with Crippen LogP contribution in [0, 0.1) is 0 Å². The second-order valence-corrected chi connectivity index (χ2v) is 8.71. The maximum absolute atomic E-state index is 12.1. The van der Waals surface area contributed by atoms with E-state index in [-0.39, 0.29) is 6.54 Å². The van der Waals surface area contributed by atoms with Crippen molar-refractivity contribution in [3.05, 3.63) is 54.7 Å². The molecule has 2 heterocycles. The number of nitrogens with zero attached hydrogens (tertiary/aromatic N) is 2. The average molecular weight is 423 g/mol. The maximum Gasteiger partial charge on any atom is 0.408 e. The lowest BCUT2D eigenvalue weighted by atomic mass is 10.1. The van der Waals surface area contributed by atoms with Gasteiger partial charge in [0.05, 0.1) is 15.9 Å². The summed E-state index contributed by atoms with van der Waals surface area (Å²) in [4.78, 5) is 29.3. The zero-order chi connectivity index (χ0) is 21.3. The SMILES string of the molecule is CC(C)(C)OC(=O)NCC(=O)Oc1cccc(-c2cn3c(n2)sc2ccccc23)c1. The van der Waals surface area contributed by atoms with Crippen LogP contribution < -0.4 is 10.1 Å². The van der Waals surface area contributed by atoms with Crippen molar-refractivity contribution in [2.24, 2.45) is 0 Å². The number of fused-ring (bicyclic) bond motifs is 3. The van der Waals surface area contributed by atoms with Gasteiger partial charge in [-0.15, -0.1) is 0 Å². The summed E-state index contributed by atoms with van der Waals surface area (Å²) in [7, 11) is 0. The number of imidazole rings is 1. The van der Waals surface area contributed by atoms with E-state index in [1.54, 1.807) is 50.3 Å². The molecule has 1 amide bonds. The van der Waals surface area contributed by atoms with Crippen LogP contribution in [0.1, 0.15) is 20.8 Å². The highest BCUT2D eigenvalue weighted by atomic mass is 32.1. The number of alkyl carbamates (subject to hydrolysis) is 1. The van der Waals surface area contributed by atoms with E-state index in [4.69, 9.17) is 14.5 Å². The molecular weight excluding hydrogens is 402 g/mol. The Balaban J connectivity index is 1.45. The number of carbonyl (C=O) groups is 2.